The molecule has 7 heteroatoms. The number of ether oxygens (including phenoxy) is 3. The second-order valence-corrected chi connectivity index (χ2v) is 5.09. The van der Waals surface area contributed by atoms with Crippen molar-refractivity contribution in [2.24, 2.45) is 0 Å². The number of methoxy groups -OCH3 is 1. The van der Waals surface area contributed by atoms with Crippen LogP contribution in [0.3, 0.4) is 0 Å². The lowest BCUT2D eigenvalue weighted by Gasteiger charge is -2.34. The number of hydrogen-bond donors (Lipinski definition) is 0. The molecule has 1 aromatic rings. The first-order chi connectivity index (χ1) is 11.2. The van der Waals surface area contributed by atoms with Crippen LogP contribution in [0.1, 0.15) is 0 Å². The minimum atomic E-state index is -0.389. The molecule has 0 saturated carbocycles. The minimum Gasteiger partial charge on any atom is -0.410 e. The second-order valence-electron chi connectivity index (χ2n) is 5.09. The number of piperazine rings is 1. The fraction of sp³-hybridized carbons (Fsp3) is 0.500. The zero-order chi connectivity index (χ0) is 16.5. The maximum absolute atomic E-state index is 12.0. The van der Waals surface area contributed by atoms with Gasteiger partial charge < -0.3 is 24.0 Å². The van der Waals surface area contributed by atoms with Crippen molar-refractivity contribution in [3.63, 3.8) is 0 Å². The lowest BCUT2D eigenvalue weighted by Crippen LogP contribution is -2.52. The molecule has 1 fully saturated rings. The van der Waals surface area contributed by atoms with Gasteiger partial charge in [-0.25, -0.2) is 4.79 Å². The Balaban J connectivity index is 1.70. The monoisotopic (exact) mass is 322 g/mol. The van der Waals surface area contributed by atoms with E-state index >= 15 is 0 Å². The quantitative estimate of drug-likeness (QED) is 0.731. The van der Waals surface area contributed by atoms with Crippen LogP contribution in [0.15, 0.2) is 30.3 Å². The van der Waals surface area contributed by atoms with Crippen LogP contribution in [-0.2, 0) is 14.3 Å². The SMILES string of the molecule is COCCOCC(=O)N1CCN(C(=O)Oc2ccccc2)CC1. The Morgan fingerprint density at radius 1 is 1.00 bits per heavy atom. The van der Waals surface area contributed by atoms with Crippen LogP contribution >= 0.6 is 0 Å². The molecule has 1 aliphatic heterocycles. The van der Waals surface area contributed by atoms with Gasteiger partial charge in [0.15, 0.2) is 0 Å². The lowest BCUT2D eigenvalue weighted by molar-refractivity contribution is -0.138. The van der Waals surface area contributed by atoms with Crippen molar-refractivity contribution in [1.82, 2.24) is 9.80 Å². The van der Waals surface area contributed by atoms with Crippen LogP contribution in [0.2, 0.25) is 0 Å². The Kier molecular flexibility index (Phi) is 6.83. The number of amides is 2. The Morgan fingerprint density at radius 3 is 2.30 bits per heavy atom. The van der Waals surface area contributed by atoms with Gasteiger partial charge in [0.1, 0.15) is 12.4 Å². The van der Waals surface area contributed by atoms with Crippen molar-refractivity contribution in [1.29, 1.82) is 0 Å². The van der Waals surface area contributed by atoms with Gasteiger partial charge in [0.25, 0.3) is 0 Å². The summed E-state index contributed by atoms with van der Waals surface area (Å²) in [5.41, 5.74) is 0. The maximum Gasteiger partial charge on any atom is 0.415 e. The van der Waals surface area contributed by atoms with Gasteiger partial charge in [-0.15, -0.1) is 0 Å². The molecule has 1 aromatic carbocycles. The Morgan fingerprint density at radius 2 is 1.65 bits per heavy atom. The number of carbonyl (C=O) groups excluding carboxylic acids is 2. The molecular formula is C16H22N2O5. The van der Waals surface area contributed by atoms with E-state index in [4.69, 9.17) is 14.2 Å². The number of rotatable bonds is 6. The highest BCUT2D eigenvalue weighted by atomic mass is 16.6. The van der Waals surface area contributed by atoms with Gasteiger partial charge in [-0.1, -0.05) is 18.2 Å². The molecule has 2 amide bonds. The number of para-hydroxylation sites is 1. The molecule has 0 N–H and O–H groups in total. The molecule has 0 aromatic heterocycles. The molecule has 0 unspecified atom stereocenters. The highest BCUT2D eigenvalue weighted by molar-refractivity contribution is 5.78. The van der Waals surface area contributed by atoms with Crippen molar-refractivity contribution in [2.45, 2.75) is 0 Å². The van der Waals surface area contributed by atoms with Gasteiger partial charge in [-0.3, -0.25) is 4.79 Å². The summed E-state index contributed by atoms with van der Waals surface area (Å²) in [5, 5.41) is 0. The van der Waals surface area contributed by atoms with Gasteiger partial charge in [0.05, 0.1) is 13.2 Å². The minimum absolute atomic E-state index is 0.0395. The summed E-state index contributed by atoms with van der Waals surface area (Å²) in [7, 11) is 1.58. The molecule has 0 aliphatic carbocycles. The zero-order valence-corrected chi connectivity index (χ0v) is 13.3. The third-order valence-corrected chi connectivity index (χ3v) is 3.50. The third-order valence-electron chi connectivity index (χ3n) is 3.50. The average Bonchev–Trinajstić information content (AvgIpc) is 2.59. The standard InChI is InChI=1S/C16H22N2O5/c1-21-11-12-22-13-15(19)17-7-9-18(10-8-17)16(20)23-14-5-3-2-4-6-14/h2-6H,7-13H2,1H3. The van der Waals surface area contributed by atoms with E-state index in [1.54, 1.807) is 29.0 Å². The van der Waals surface area contributed by atoms with Gasteiger partial charge in [0.2, 0.25) is 5.91 Å². The van der Waals surface area contributed by atoms with Crippen LogP contribution in [0.25, 0.3) is 0 Å². The highest BCUT2D eigenvalue weighted by Crippen LogP contribution is 2.11. The Bertz CT molecular complexity index is 500. The molecular weight excluding hydrogens is 300 g/mol. The van der Waals surface area contributed by atoms with Gasteiger partial charge in [-0.05, 0) is 12.1 Å². The smallest absolute Gasteiger partial charge is 0.410 e. The van der Waals surface area contributed by atoms with Crippen LogP contribution in [0, 0.1) is 0 Å². The van der Waals surface area contributed by atoms with E-state index in [2.05, 4.69) is 0 Å². The van der Waals surface area contributed by atoms with E-state index in [0.717, 1.165) is 0 Å². The number of benzene rings is 1. The number of hydrogen-bond acceptors (Lipinski definition) is 5. The van der Waals surface area contributed by atoms with Crippen molar-refractivity contribution in [2.75, 3.05) is 53.1 Å². The van der Waals surface area contributed by atoms with E-state index in [9.17, 15) is 9.59 Å². The van der Waals surface area contributed by atoms with Crippen molar-refractivity contribution in [3.05, 3.63) is 30.3 Å². The molecule has 1 saturated heterocycles. The molecule has 1 heterocycles. The molecule has 0 atom stereocenters. The highest BCUT2D eigenvalue weighted by Gasteiger charge is 2.25. The summed E-state index contributed by atoms with van der Waals surface area (Å²) in [4.78, 5) is 27.3. The topological polar surface area (TPSA) is 68.3 Å². The second kappa shape index (κ2) is 9.12. The van der Waals surface area contributed by atoms with E-state index < -0.39 is 0 Å². The van der Waals surface area contributed by atoms with Crippen molar-refractivity contribution >= 4 is 12.0 Å². The number of nitrogens with zero attached hydrogens (tertiary/aromatic N) is 2. The molecule has 7 nitrogen and oxygen atoms in total. The summed E-state index contributed by atoms with van der Waals surface area (Å²) in [6.07, 6.45) is -0.389. The van der Waals surface area contributed by atoms with Crippen molar-refractivity contribution < 1.29 is 23.8 Å². The van der Waals surface area contributed by atoms with E-state index in [1.807, 2.05) is 18.2 Å². The van der Waals surface area contributed by atoms with Crippen LogP contribution in [0.4, 0.5) is 4.79 Å². The summed E-state index contributed by atoms with van der Waals surface area (Å²) in [5.74, 6) is 0.444. The molecule has 0 bridgehead atoms. The number of carbonyl (C=O) groups is 2. The first-order valence-electron chi connectivity index (χ1n) is 7.57. The molecule has 0 spiro atoms. The van der Waals surface area contributed by atoms with Gasteiger partial charge in [0, 0.05) is 33.3 Å². The normalized spacial score (nSPS) is 14.7. The maximum atomic E-state index is 12.0. The van der Waals surface area contributed by atoms with Crippen LogP contribution in [0.5, 0.6) is 5.75 Å². The summed E-state index contributed by atoms with van der Waals surface area (Å²) in [6.45, 7) is 2.77. The third kappa shape index (κ3) is 5.54. The predicted molar refractivity (Wildman–Crippen MR) is 83.3 cm³/mol. The Hall–Kier alpha value is -2.12. The summed E-state index contributed by atoms with van der Waals surface area (Å²) in [6, 6.07) is 8.94. The lowest BCUT2D eigenvalue weighted by atomic mass is 10.3. The zero-order valence-electron chi connectivity index (χ0n) is 13.3. The van der Waals surface area contributed by atoms with Crippen LogP contribution < -0.4 is 4.74 Å². The summed E-state index contributed by atoms with van der Waals surface area (Å²) < 4.78 is 15.4. The van der Waals surface area contributed by atoms with E-state index in [0.29, 0.717) is 45.1 Å². The fourth-order valence-corrected chi connectivity index (χ4v) is 2.19. The Labute approximate surface area is 135 Å². The first-order valence-corrected chi connectivity index (χ1v) is 7.57. The summed E-state index contributed by atoms with van der Waals surface area (Å²) >= 11 is 0. The molecule has 23 heavy (non-hydrogen) atoms. The first kappa shape index (κ1) is 17.2. The molecule has 1 aliphatic rings. The molecule has 0 radical (unpaired) electrons. The van der Waals surface area contributed by atoms with E-state index in [1.165, 1.54) is 0 Å². The molecule has 126 valence electrons. The van der Waals surface area contributed by atoms with Crippen LogP contribution in [-0.4, -0.2) is 74.9 Å². The van der Waals surface area contributed by atoms with Gasteiger partial charge in [-0.2, -0.15) is 0 Å². The molecule has 2 rings (SSSR count). The average molecular weight is 322 g/mol. The van der Waals surface area contributed by atoms with Gasteiger partial charge >= 0.3 is 6.09 Å². The van der Waals surface area contributed by atoms with E-state index in [-0.39, 0.29) is 18.6 Å². The largest absolute Gasteiger partial charge is 0.415 e. The van der Waals surface area contributed by atoms with Crippen molar-refractivity contribution in [3.8, 4) is 5.75 Å². The fourth-order valence-electron chi connectivity index (χ4n) is 2.19. The predicted octanol–water partition coefficient (Wildman–Crippen LogP) is 0.993.